The van der Waals surface area contributed by atoms with Crippen molar-refractivity contribution in [3.8, 4) is 11.3 Å². The van der Waals surface area contributed by atoms with E-state index in [-0.39, 0.29) is 5.78 Å². The SMILES string of the molecule is Cc1ccc(C(=O)[C@@H](C)OC(=O)c2cc(-c3ccc(C)cc3)nc3c(C)cccc23)cc1. The van der Waals surface area contributed by atoms with Crippen LogP contribution >= 0.6 is 0 Å². The van der Waals surface area contributed by atoms with Crippen molar-refractivity contribution in [2.75, 3.05) is 0 Å². The van der Waals surface area contributed by atoms with Crippen LogP contribution in [0.25, 0.3) is 22.2 Å². The second-order valence-corrected chi connectivity index (χ2v) is 8.17. The molecular weight excluding hydrogens is 398 g/mol. The van der Waals surface area contributed by atoms with Crippen LogP contribution in [-0.4, -0.2) is 22.8 Å². The van der Waals surface area contributed by atoms with Gasteiger partial charge in [-0.3, -0.25) is 4.79 Å². The lowest BCUT2D eigenvalue weighted by atomic mass is 10.0. The van der Waals surface area contributed by atoms with E-state index in [0.717, 1.165) is 27.8 Å². The number of carbonyl (C=O) groups is 2. The fourth-order valence-electron chi connectivity index (χ4n) is 3.66. The largest absolute Gasteiger partial charge is 0.451 e. The van der Waals surface area contributed by atoms with E-state index < -0.39 is 12.1 Å². The smallest absolute Gasteiger partial charge is 0.339 e. The number of pyridine rings is 1. The number of aromatic nitrogens is 1. The summed E-state index contributed by atoms with van der Waals surface area (Å²) >= 11 is 0. The van der Waals surface area contributed by atoms with Crippen LogP contribution in [0.5, 0.6) is 0 Å². The molecule has 4 rings (SSSR count). The second kappa shape index (κ2) is 8.75. The molecule has 0 unspecified atom stereocenters. The summed E-state index contributed by atoms with van der Waals surface area (Å²) in [5.41, 5.74) is 6.45. The van der Waals surface area contributed by atoms with Crippen molar-refractivity contribution in [2.45, 2.75) is 33.8 Å². The van der Waals surface area contributed by atoms with Crippen LogP contribution < -0.4 is 0 Å². The summed E-state index contributed by atoms with van der Waals surface area (Å²) < 4.78 is 5.62. The molecule has 0 spiro atoms. The Morgan fingerprint density at radius 2 is 1.47 bits per heavy atom. The van der Waals surface area contributed by atoms with Gasteiger partial charge in [0, 0.05) is 16.5 Å². The number of hydrogen-bond donors (Lipinski definition) is 0. The molecule has 1 aromatic heterocycles. The quantitative estimate of drug-likeness (QED) is 0.281. The number of hydrogen-bond acceptors (Lipinski definition) is 4. The van der Waals surface area contributed by atoms with Crippen LogP contribution in [0.15, 0.2) is 72.8 Å². The molecule has 4 heteroatoms. The molecule has 0 bridgehead atoms. The Morgan fingerprint density at radius 3 is 2.12 bits per heavy atom. The average Bonchev–Trinajstić information content (AvgIpc) is 2.79. The molecule has 1 heterocycles. The number of para-hydroxylation sites is 1. The van der Waals surface area contributed by atoms with Gasteiger partial charge in [0.15, 0.2) is 6.10 Å². The fourth-order valence-corrected chi connectivity index (χ4v) is 3.66. The minimum atomic E-state index is -0.902. The number of Topliss-reactive ketones (excluding diaryl/α,β-unsaturated/α-hetero) is 1. The zero-order valence-electron chi connectivity index (χ0n) is 18.7. The normalized spacial score (nSPS) is 11.9. The van der Waals surface area contributed by atoms with Gasteiger partial charge in [0.2, 0.25) is 5.78 Å². The Labute approximate surface area is 187 Å². The first-order chi connectivity index (χ1) is 15.3. The Bertz CT molecular complexity index is 1310. The van der Waals surface area contributed by atoms with E-state index in [1.165, 1.54) is 0 Å². The van der Waals surface area contributed by atoms with Crippen LogP contribution in [0, 0.1) is 20.8 Å². The molecule has 0 fully saturated rings. The third-order valence-corrected chi connectivity index (χ3v) is 5.60. The summed E-state index contributed by atoms with van der Waals surface area (Å²) in [6.45, 7) is 7.55. The van der Waals surface area contributed by atoms with Gasteiger partial charge < -0.3 is 4.74 Å². The van der Waals surface area contributed by atoms with Gasteiger partial charge in [-0.2, -0.15) is 0 Å². The number of ketones is 1. The predicted octanol–water partition coefficient (Wildman–Crippen LogP) is 6.26. The molecule has 0 amide bonds. The lowest BCUT2D eigenvalue weighted by molar-refractivity contribution is 0.0320. The summed E-state index contributed by atoms with van der Waals surface area (Å²) in [5.74, 6) is -0.768. The Kier molecular flexibility index (Phi) is 5.87. The van der Waals surface area contributed by atoms with Crippen molar-refractivity contribution in [1.82, 2.24) is 4.98 Å². The number of esters is 1. The molecule has 4 nitrogen and oxygen atoms in total. The molecule has 160 valence electrons. The molecule has 0 saturated heterocycles. The highest BCUT2D eigenvalue weighted by Crippen LogP contribution is 2.28. The number of aryl methyl sites for hydroxylation is 3. The van der Waals surface area contributed by atoms with E-state index in [0.29, 0.717) is 22.2 Å². The van der Waals surface area contributed by atoms with E-state index >= 15 is 0 Å². The lowest BCUT2D eigenvalue weighted by Crippen LogP contribution is -2.24. The molecule has 0 N–H and O–H groups in total. The summed E-state index contributed by atoms with van der Waals surface area (Å²) in [7, 11) is 0. The maximum Gasteiger partial charge on any atom is 0.339 e. The first-order valence-electron chi connectivity index (χ1n) is 10.6. The first-order valence-corrected chi connectivity index (χ1v) is 10.6. The van der Waals surface area contributed by atoms with Gasteiger partial charge in [-0.15, -0.1) is 0 Å². The van der Waals surface area contributed by atoms with Crippen molar-refractivity contribution in [1.29, 1.82) is 0 Å². The van der Waals surface area contributed by atoms with E-state index in [9.17, 15) is 9.59 Å². The molecule has 0 aliphatic rings. The molecule has 32 heavy (non-hydrogen) atoms. The van der Waals surface area contributed by atoms with Crippen molar-refractivity contribution in [3.05, 3.63) is 101 Å². The van der Waals surface area contributed by atoms with Gasteiger partial charge in [-0.25, -0.2) is 9.78 Å². The second-order valence-electron chi connectivity index (χ2n) is 8.17. The Morgan fingerprint density at radius 1 is 0.844 bits per heavy atom. The standard InChI is InChI=1S/C28H25NO3/c1-17-8-12-21(13-9-17)25-16-24(23-7-5-6-19(3)26(23)29-25)28(31)32-20(4)27(30)22-14-10-18(2)11-15-22/h5-16,20H,1-4H3/t20-/m1/s1. The third kappa shape index (κ3) is 4.30. The monoisotopic (exact) mass is 423 g/mol. The van der Waals surface area contributed by atoms with Crippen LogP contribution in [0.2, 0.25) is 0 Å². The molecule has 1 atom stereocenters. The van der Waals surface area contributed by atoms with E-state index in [4.69, 9.17) is 9.72 Å². The van der Waals surface area contributed by atoms with Crippen LogP contribution in [0.4, 0.5) is 0 Å². The summed E-state index contributed by atoms with van der Waals surface area (Å²) in [5, 5.41) is 0.709. The molecule has 3 aromatic carbocycles. The van der Waals surface area contributed by atoms with Gasteiger partial charge in [0.25, 0.3) is 0 Å². The highest BCUT2D eigenvalue weighted by Gasteiger charge is 2.23. The number of carbonyl (C=O) groups excluding carboxylic acids is 2. The van der Waals surface area contributed by atoms with Crippen molar-refractivity contribution in [3.63, 3.8) is 0 Å². The molecule has 4 aromatic rings. The topological polar surface area (TPSA) is 56.3 Å². The van der Waals surface area contributed by atoms with Crippen LogP contribution in [0.1, 0.15) is 44.3 Å². The lowest BCUT2D eigenvalue weighted by Gasteiger charge is -2.15. The van der Waals surface area contributed by atoms with Gasteiger partial charge in [-0.1, -0.05) is 77.9 Å². The minimum Gasteiger partial charge on any atom is -0.451 e. The third-order valence-electron chi connectivity index (χ3n) is 5.60. The molecule has 0 radical (unpaired) electrons. The van der Waals surface area contributed by atoms with E-state index in [1.54, 1.807) is 25.1 Å². The van der Waals surface area contributed by atoms with Crippen LogP contribution in [-0.2, 0) is 4.74 Å². The molecule has 0 saturated carbocycles. The first kappa shape index (κ1) is 21.4. The number of nitrogens with zero attached hydrogens (tertiary/aromatic N) is 1. The Balaban J connectivity index is 1.71. The summed E-state index contributed by atoms with van der Waals surface area (Å²) in [4.78, 5) is 30.8. The summed E-state index contributed by atoms with van der Waals surface area (Å²) in [6, 6.07) is 22.7. The Hall–Kier alpha value is -3.79. The van der Waals surface area contributed by atoms with Crippen LogP contribution in [0.3, 0.4) is 0 Å². The van der Waals surface area contributed by atoms with Gasteiger partial charge >= 0.3 is 5.97 Å². The summed E-state index contributed by atoms with van der Waals surface area (Å²) in [6.07, 6.45) is -0.902. The number of benzene rings is 3. The zero-order chi connectivity index (χ0) is 22.8. The number of ether oxygens (including phenoxy) is 1. The van der Waals surface area contributed by atoms with Crippen molar-refractivity contribution < 1.29 is 14.3 Å². The fraction of sp³-hybridized carbons (Fsp3) is 0.179. The van der Waals surface area contributed by atoms with Gasteiger partial charge in [-0.05, 0) is 39.3 Å². The van der Waals surface area contributed by atoms with Gasteiger partial charge in [0.05, 0.1) is 16.8 Å². The number of fused-ring (bicyclic) bond motifs is 1. The highest BCUT2D eigenvalue weighted by molar-refractivity contribution is 6.07. The zero-order valence-corrected chi connectivity index (χ0v) is 18.7. The average molecular weight is 424 g/mol. The highest BCUT2D eigenvalue weighted by atomic mass is 16.5. The van der Waals surface area contributed by atoms with Crippen molar-refractivity contribution in [2.24, 2.45) is 0 Å². The van der Waals surface area contributed by atoms with Crippen molar-refractivity contribution >= 4 is 22.7 Å². The maximum atomic E-state index is 13.2. The van der Waals surface area contributed by atoms with Gasteiger partial charge in [0.1, 0.15) is 0 Å². The van der Waals surface area contributed by atoms with E-state index in [1.807, 2.05) is 75.4 Å². The molecular formula is C28H25NO3. The minimum absolute atomic E-state index is 0.230. The predicted molar refractivity (Wildman–Crippen MR) is 127 cm³/mol. The van der Waals surface area contributed by atoms with E-state index in [2.05, 4.69) is 0 Å². The molecule has 0 aliphatic carbocycles. The molecule has 0 aliphatic heterocycles. The number of rotatable bonds is 5. The maximum absolute atomic E-state index is 13.2.